The topological polar surface area (TPSA) is 75.7 Å². The van der Waals surface area contributed by atoms with Gasteiger partial charge in [-0.25, -0.2) is 4.79 Å². The second kappa shape index (κ2) is 8.30. The number of anilines is 1. The number of carbonyl (C=O) groups is 3. The summed E-state index contributed by atoms with van der Waals surface area (Å²) in [6, 6.07) is 12.9. The number of ether oxygens (including phenoxy) is 1. The van der Waals surface area contributed by atoms with E-state index in [1.165, 1.54) is 25.1 Å². The molecule has 2 amide bonds. The lowest BCUT2D eigenvalue weighted by atomic mass is 10.1. The Balaban J connectivity index is 2.04. The van der Waals surface area contributed by atoms with E-state index in [-0.39, 0.29) is 29.5 Å². The lowest BCUT2D eigenvalue weighted by Crippen LogP contribution is -2.35. The summed E-state index contributed by atoms with van der Waals surface area (Å²) in [5.41, 5.74) is 1.03. The van der Waals surface area contributed by atoms with Crippen molar-refractivity contribution in [3.63, 3.8) is 0 Å². The first-order chi connectivity index (χ1) is 11.9. The average Bonchev–Trinajstić information content (AvgIpc) is 2.62. The van der Waals surface area contributed by atoms with Gasteiger partial charge in [-0.15, -0.1) is 0 Å². The van der Waals surface area contributed by atoms with Crippen molar-refractivity contribution in [1.82, 2.24) is 4.90 Å². The quantitative estimate of drug-likeness (QED) is 0.832. The molecular weight excluding hydrogens is 344 g/mol. The molecule has 0 aromatic heterocycles. The predicted molar refractivity (Wildman–Crippen MR) is 94.8 cm³/mol. The van der Waals surface area contributed by atoms with Crippen molar-refractivity contribution in [3.05, 3.63) is 64.7 Å². The third kappa shape index (κ3) is 4.81. The molecule has 130 valence electrons. The summed E-state index contributed by atoms with van der Waals surface area (Å²) in [4.78, 5) is 37.3. The third-order valence-corrected chi connectivity index (χ3v) is 3.74. The molecule has 0 saturated heterocycles. The Morgan fingerprint density at radius 2 is 1.76 bits per heavy atom. The van der Waals surface area contributed by atoms with Crippen LogP contribution in [0.15, 0.2) is 48.5 Å². The van der Waals surface area contributed by atoms with Crippen molar-refractivity contribution in [3.8, 4) is 0 Å². The van der Waals surface area contributed by atoms with E-state index in [1.807, 2.05) is 0 Å². The number of methoxy groups -OCH3 is 1. The smallest absolute Gasteiger partial charge is 0.337 e. The molecule has 0 bridgehead atoms. The number of rotatable bonds is 5. The minimum absolute atomic E-state index is 0.160. The van der Waals surface area contributed by atoms with Gasteiger partial charge in [-0.1, -0.05) is 29.8 Å². The summed E-state index contributed by atoms with van der Waals surface area (Å²) in [5, 5.41) is 3.06. The van der Waals surface area contributed by atoms with Gasteiger partial charge < -0.3 is 15.0 Å². The summed E-state index contributed by atoms with van der Waals surface area (Å²) >= 11 is 5.99. The van der Waals surface area contributed by atoms with E-state index in [4.69, 9.17) is 11.6 Å². The van der Waals surface area contributed by atoms with Crippen molar-refractivity contribution in [2.45, 2.75) is 0 Å². The highest BCUT2D eigenvalue weighted by Gasteiger charge is 2.17. The number of hydrogen-bond donors (Lipinski definition) is 1. The van der Waals surface area contributed by atoms with Gasteiger partial charge >= 0.3 is 5.97 Å². The monoisotopic (exact) mass is 360 g/mol. The minimum atomic E-state index is -0.534. The molecule has 2 aromatic carbocycles. The first-order valence-electron chi connectivity index (χ1n) is 7.40. The summed E-state index contributed by atoms with van der Waals surface area (Å²) in [6.45, 7) is -0.160. The van der Waals surface area contributed by atoms with Gasteiger partial charge in [0, 0.05) is 12.6 Å². The number of amides is 2. The first-order valence-corrected chi connectivity index (χ1v) is 7.78. The molecule has 0 atom stereocenters. The van der Waals surface area contributed by atoms with Gasteiger partial charge in [-0.05, 0) is 30.3 Å². The van der Waals surface area contributed by atoms with Crippen LogP contribution in [0.25, 0.3) is 0 Å². The van der Waals surface area contributed by atoms with Crippen LogP contribution in [0.5, 0.6) is 0 Å². The maximum atomic E-state index is 12.4. The Kier molecular flexibility index (Phi) is 6.14. The fourth-order valence-electron chi connectivity index (χ4n) is 2.16. The average molecular weight is 361 g/mol. The van der Waals surface area contributed by atoms with Crippen LogP contribution < -0.4 is 5.32 Å². The minimum Gasteiger partial charge on any atom is -0.465 e. The zero-order valence-corrected chi connectivity index (χ0v) is 14.5. The normalized spacial score (nSPS) is 10.0. The molecule has 2 rings (SSSR count). The SMILES string of the molecule is COC(=O)c1cccc(C(=O)N(C)CC(=O)Nc2ccccc2Cl)c1. The number of nitrogens with one attached hydrogen (secondary N) is 1. The van der Waals surface area contributed by atoms with E-state index < -0.39 is 5.97 Å². The Morgan fingerprint density at radius 3 is 2.44 bits per heavy atom. The molecule has 0 aliphatic heterocycles. The van der Waals surface area contributed by atoms with Crippen molar-refractivity contribution in [2.75, 3.05) is 26.0 Å². The lowest BCUT2D eigenvalue weighted by molar-refractivity contribution is -0.116. The Morgan fingerprint density at radius 1 is 1.08 bits per heavy atom. The second-order valence-electron chi connectivity index (χ2n) is 5.26. The third-order valence-electron chi connectivity index (χ3n) is 3.41. The summed E-state index contributed by atoms with van der Waals surface area (Å²) in [6.07, 6.45) is 0. The van der Waals surface area contributed by atoms with E-state index in [0.717, 1.165) is 0 Å². The van der Waals surface area contributed by atoms with Gasteiger partial charge in [0.25, 0.3) is 5.91 Å². The molecular formula is C18H17ClN2O4. The predicted octanol–water partition coefficient (Wildman–Crippen LogP) is 2.84. The molecule has 7 heteroatoms. The molecule has 0 aliphatic rings. The molecule has 0 saturated carbocycles. The fraction of sp³-hybridized carbons (Fsp3) is 0.167. The van der Waals surface area contributed by atoms with E-state index >= 15 is 0 Å². The summed E-state index contributed by atoms with van der Waals surface area (Å²) in [7, 11) is 2.77. The number of nitrogens with zero attached hydrogens (tertiary/aromatic N) is 1. The largest absolute Gasteiger partial charge is 0.465 e. The fourth-order valence-corrected chi connectivity index (χ4v) is 2.34. The van der Waals surface area contributed by atoms with Crippen LogP contribution in [0, 0.1) is 0 Å². The van der Waals surface area contributed by atoms with Crippen molar-refractivity contribution >= 4 is 35.1 Å². The lowest BCUT2D eigenvalue weighted by Gasteiger charge is -2.17. The van der Waals surface area contributed by atoms with Gasteiger partial charge in [-0.2, -0.15) is 0 Å². The number of carbonyl (C=O) groups excluding carboxylic acids is 3. The second-order valence-corrected chi connectivity index (χ2v) is 5.67. The highest BCUT2D eigenvalue weighted by molar-refractivity contribution is 6.33. The summed E-state index contributed by atoms with van der Waals surface area (Å²) < 4.78 is 4.63. The highest BCUT2D eigenvalue weighted by Crippen LogP contribution is 2.20. The van der Waals surface area contributed by atoms with E-state index in [1.54, 1.807) is 42.5 Å². The van der Waals surface area contributed by atoms with Crippen LogP contribution in [0.1, 0.15) is 20.7 Å². The molecule has 25 heavy (non-hydrogen) atoms. The van der Waals surface area contributed by atoms with Gasteiger partial charge in [-0.3, -0.25) is 9.59 Å². The van der Waals surface area contributed by atoms with Crippen molar-refractivity contribution in [1.29, 1.82) is 0 Å². The van der Waals surface area contributed by atoms with Crippen LogP contribution in [0.2, 0.25) is 5.02 Å². The van der Waals surface area contributed by atoms with Gasteiger partial charge in [0.15, 0.2) is 0 Å². The molecule has 0 fully saturated rings. The highest BCUT2D eigenvalue weighted by atomic mass is 35.5. The number of benzene rings is 2. The molecule has 2 aromatic rings. The molecule has 0 spiro atoms. The van der Waals surface area contributed by atoms with Gasteiger partial charge in [0.05, 0.1) is 29.9 Å². The van der Waals surface area contributed by atoms with Crippen molar-refractivity contribution < 1.29 is 19.1 Å². The molecule has 0 radical (unpaired) electrons. The van der Waals surface area contributed by atoms with Gasteiger partial charge in [0.1, 0.15) is 0 Å². The van der Waals surface area contributed by atoms with Crippen LogP contribution in [-0.2, 0) is 9.53 Å². The molecule has 6 nitrogen and oxygen atoms in total. The Labute approximate surface area is 150 Å². The van der Waals surface area contributed by atoms with Gasteiger partial charge in [0.2, 0.25) is 5.91 Å². The zero-order valence-electron chi connectivity index (χ0n) is 13.8. The zero-order chi connectivity index (χ0) is 18.4. The number of para-hydroxylation sites is 1. The van der Waals surface area contributed by atoms with Crippen LogP contribution in [0.3, 0.4) is 0 Å². The van der Waals surface area contributed by atoms with E-state index in [0.29, 0.717) is 10.7 Å². The Hall–Kier alpha value is -2.86. The van der Waals surface area contributed by atoms with E-state index in [9.17, 15) is 14.4 Å². The number of halogens is 1. The maximum Gasteiger partial charge on any atom is 0.337 e. The van der Waals surface area contributed by atoms with Crippen molar-refractivity contribution in [2.24, 2.45) is 0 Å². The summed E-state index contributed by atoms with van der Waals surface area (Å²) in [5.74, 6) is -1.30. The molecule has 1 N–H and O–H groups in total. The first kappa shape index (κ1) is 18.5. The number of esters is 1. The Bertz CT molecular complexity index is 807. The van der Waals surface area contributed by atoms with E-state index in [2.05, 4.69) is 10.1 Å². The standard InChI is InChI=1S/C18H17ClN2O4/c1-21(11-16(22)20-15-9-4-3-8-14(15)19)17(23)12-6-5-7-13(10-12)18(24)25-2/h3-10H,11H2,1-2H3,(H,20,22). The molecule has 0 aliphatic carbocycles. The van der Waals surface area contributed by atoms with Crippen LogP contribution in [0.4, 0.5) is 5.69 Å². The molecule has 0 heterocycles. The van der Waals surface area contributed by atoms with Crippen LogP contribution >= 0.6 is 11.6 Å². The van der Waals surface area contributed by atoms with Crippen LogP contribution in [-0.4, -0.2) is 43.4 Å². The number of hydrogen-bond acceptors (Lipinski definition) is 4. The number of likely N-dealkylation sites (N-methyl/N-ethyl adjacent to an activating group) is 1. The molecule has 0 unspecified atom stereocenters. The maximum absolute atomic E-state index is 12.4.